The van der Waals surface area contributed by atoms with Gasteiger partial charge in [-0.25, -0.2) is 0 Å². The predicted octanol–water partition coefficient (Wildman–Crippen LogP) is 2.10. The minimum absolute atomic E-state index is 0.101. The number of aliphatic hydroxyl groups is 1. The first kappa shape index (κ1) is 16.9. The predicted molar refractivity (Wildman–Crippen MR) is 75.4 cm³/mol. The van der Waals surface area contributed by atoms with E-state index in [-0.39, 0.29) is 12.1 Å². The fourth-order valence-electron chi connectivity index (χ4n) is 1.77. The first-order valence-electron chi connectivity index (χ1n) is 6.92. The molecule has 1 atom stereocenters. The third-order valence-electron chi connectivity index (χ3n) is 3.56. The van der Waals surface area contributed by atoms with Crippen LogP contribution in [0.4, 0.5) is 0 Å². The molecule has 0 saturated heterocycles. The second-order valence-corrected chi connectivity index (χ2v) is 5.91. The number of unbranched alkanes of at least 4 members (excludes halogenated alkanes) is 1. The summed E-state index contributed by atoms with van der Waals surface area (Å²) in [6, 6.07) is 0. The summed E-state index contributed by atoms with van der Waals surface area (Å²) in [7, 11) is 4.12. The number of hydrogen-bond acceptors (Lipinski definition) is 3. The fourth-order valence-corrected chi connectivity index (χ4v) is 1.77. The summed E-state index contributed by atoms with van der Waals surface area (Å²) in [5.41, 5.74) is -0.101. The van der Waals surface area contributed by atoms with Crippen LogP contribution < -0.4 is 5.32 Å². The van der Waals surface area contributed by atoms with Gasteiger partial charge in [-0.1, -0.05) is 20.3 Å². The summed E-state index contributed by atoms with van der Waals surface area (Å²) >= 11 is 0. The molecule has 0 aliphatic rings. The monoisotopic (exact) mass is 244 g/mol. The quantitative estimate of drug-likeness (QED) is 0.578. The van der Waals surface area contributed by atoms with E-state index in [9.17, 15) is 5.11 Å². The Morgan fingerprint density at radius 2 is 1.88 bits per heavy atom. The molecule has 0 aromatic rings. The van der Waals surface area contributed by atoms with Gasteiger partial charge in [-0.15, -0.1) is 0 Å². The molecule has 0 aliphatic carbocycles. The number of nitrogens with zero attached hydrogens (tertiary/aromatic N) is 1. The van der Waals surface area contributed by atoms with E-state index in [1.54, 1.807) is 0 Å². The Hall–Kier alpha value is -0.120. The summed E-state index contributed by atoms with van der Waals surface area (Å²) in [5.74, 6) is 0.791. The van der Waals surface area contributed by atoms with Gasteiger partial charge < -0.3 is 15.3 Å². The highest BCUT2D eigenvalue weighted by atomic mass is 16.3. The van der Waals surface area contributed by atoms with Crippen molar-refractivity contribution in [1.29, 1.82) is 0 Å². The largest absolute Gasteiger partial charge is 0.394 e. The second-order valence-electron chi connectivity index (χ2n) is 5.91. The Morgan fingerprint density at radius 1 is 1.24 bits per heavy atom. The highest BCUT2D eigenvalue weighted by molar-refractivity contribution is 4.80. The van der Waals surface area contributed by atoms with Crippen LogP contribution in [0.3, 0.4) is 0 Å². The summed E-state index contributed by atoms with van der Waals surface area (Å²) < 4.78 is 0. The van der Waals surface area contributed by atoms with Crippen LogP contribution in [0.15, 0.2) is 0 Å². The van der Waals surface area contributed by atoms with Crippen molar-refractivity contribution < 1.29 is 5.11 Å². The standard InChI is InChI=1S/C14H32N2O/c1-13(2)8-11-16(5)10-7-6-9-14(3,12-17)15-4/h13,15,17H,6-12H2,1-5H3. The van der Waals surface area contributed by atoms with Gasteiger partial charge in [0.25, 0.3) is 0 Å². The second kappa shape index (κ2) is 8.90. The van der Waals surface area contributed by atoms with Gasteiger partial charge in [0.1, 0.15) is 0 Å². The Bertz CT molecular complexity index is 179. The number of aliphatic hydroxyl groups excluding tert-OH is 1. The summed E-state index contributed by atoms with van der Waals surface area (Å²) in [6.07, 6.45) is 4.70. The molecule has 104 valence electrons. The molecule has 1 unspecified atom stereocenters. The first-order valence-corrected chi connectivity index (χ1v) is 6.92. The summed E-state index contributed by atoms with van der Waals surface area (Å²) in [6.45, 7) is 9.20. The zero-order valence-electron chi connectivity index (χ0n) is 12.4. The van der Waals surface area contributed by atoms with Gasteiger partial charge in [-0.2, -0.15) is 0 Å². The fraction of sp³-hybridized carbons (Fsp3) is 1.00. The van der Waals surface area contributed by atoms with E-state index in [0.717, 1.165) is 18.9 Å². The average molecular weight is 244 g/mol. The zero-order valence-corrected chi connectivity index (χ0v) is 12.4. The Kier molecular flexibility index (Phi) is 8.83. The smallest absolute Gasteiger partial charge is 0.0610 e. The van der Waals surface area contributed by atoms with Gasteiger partial charge in [-0.3, -0.25) is 0 Å². The topological polar surface area (TPSA) is 35.5 Å². The highest BCUT2D eigenvalue weighted by Crippen LogP contribution is 2.12. The molecule has 0 heterocycles. The van der Waals surface area contributed by atoms with Gasteiger partial charge in [0.15, 0.2) is 0 Å². The molecule has 0 fully saturated rings. The van der Waals surface area contributed by atoms with E-state index in [1.165, 1.54) is 25.8 Å². The molecule has 0 radical (unpaired) electrons. The van der Waals surface area contributed by atoms with Crippen molar-refractivity contribution in [3.8, 4) is 0 Å². The van der Waals surface area contributed by atoms with E-state index in [0.29, 0.717) is 0 Å². The lowest BCUT2D eigenvalue weighted by atomic mass is 9.96. The van der Waals surface area contributed by atoms with Gasteiger partial charge in [0, 0.05) is 5.54 Å². The molecule has 0 aromatic heterocycles. The molecule has 0 saturated carbocycles. The molecule has 0 spiro atoms. The van der Waals surface area contributed by atoms with Gasteiger partial charge in [0.05, 0.1) is 6.61 Å². The molecule has 17 heavy (non-hydrogen) atoms. The minimum atomic E-state index is -0.101. The maximum atomic E-state index is 9.27. The zero-order chi connectivity index (χ0) is 13.3. The molecular formula is C14H32N2O. The van der Waals surface area contributed by atoms with Crippen LogP contribution in [0.25, 0.3) is 0 Å². The maximum absolute atomic E-state index is 9.27. The van der Waals surface area contributed by atoms with E-state index < -0.39 is 0 Å². The van der Waals surface area contributed by atoms with Crippen molar-refractivity contribution in [1.82, 2.24) is 10.2 Å². The van der Waals surface area contributed by atoms with Crippen molar-refractivity contribution >= 4 is 0 Å². The molecule has 0 aliphatic heterocycles. The lowest BCUT2D eigenvalue weighted by Crippen LogP contribution is -2.43. The number of likely N-dealkylation sites (N-methyl/N-ethyl adjacent to an activating group) is 1. The van der Waals surface area contributed by atoms with Crippen LogP contribution in [0.2, 0.25) is 0 Å². The third-order valence-corrected chi connectivity index (χ3v) is 3.56. The first-order chi connectivity index (χ1) is 7.93. The van der Waals surface area contributed by atoms with Crippen molar-refractivity contribution in [3.05, 3.63) is 0 Å². The van der Waals surface area contributed by atoms with Crippen molar-refractivity contribution in [3.63, 3.8) is 0 Å². The normalized spacial score (nSPS) is 15.5. The van der Waals surface area contributed by atoms with Gasteiger partial charge in [0.2, 0.25) is 0 Å². The maximum Gasteiger partial charge on any atom is 0.0610 e. The lowest BCUT2D eigenvalue weighted by molar-refractivity contribution is 0.169. The average Bonchev–Trinajstić information content (AvgIpc) is 2.31. The lowest BCUT2D eigenvalue weighted by Gasteiger charge is -2.27. The Morgan fingerprint density at radius 3 is 2.35 bits per heavy atom. The molecular weight excluding hydrogens is 212 g/mol. The van der Waals surface area contributed by atoms with Gasteiger partial charge >= 0.3 is 0 Å². The van der Waals surface area contributed by atoms with Crippen LogP contribution in [0.1, 0.15) is 46.5 Å². The van der Waals surface area contributed by atoms with E-state index >= 15 is 0 Å². The van der Waals surface area contributed by atoms with E-state index in [1.807, 2.05) is 7.05 Å². The number of nitrogens with one attached hydrogen (secondary N) is 1. The molecule has 3 heteroatoms. The Labute approximate surface area is 108 Å². The van der Waals surface area contributed by atoms with Crippen LogP contribution in [-0.4, -0.2) is 49.3 Å². The van der Waals surface area contributed by atoms with Crippen molar-refractivity contribution in [2.45, 2.75) is 52.0 Å². The molecule has 0 rings (SSSR count). The van der Waals surface area contributed by atoms with E-state index in [4.69, 9.17) is 0 Å². The van der Waals surface area contributed by atoms with Crippen molar-refractivity contribution in [2.24, 2.45) is 5.92 Å². The molecule has 3 nitrogen and oxygen atoms in total. The molecule has 0 bridgehead atoms. The summed E-state index contributed by atoms with van der Waals surface area (Å²) in [5, 5.41) is 12.5. The molecule has 2 N–H and O–H groups in total. The van der Waals surface area contributed by atoms with Crippen molar-refractivity contribution in [2.75, 3.05) is 33.8 Å². The van der Waals surface area contributed by atoms with Crippen LogP contribution in [0.5, 0.6) is 0 Å². The van der Waals surface area contributed by atoms with Crippen LogP contribution in [0, 0.1) is 5.92 Å². The van der Waals surface area contributed by atoms with Gasteiger partial charge in [-0.05, 0) is 59.3 Å². The van der Waals surface area contributed by atoms with Crippen LogP contribution in [-0.2, 0) is 0 Å². The van der Waals surface area contributed by atoms with E-state index in [2.05, 4.69) is 38.0 Å². The SMILES string of the molecule is CNC(C)(CO)CCCCN(C)CCC(C)C. The summed E-state index contributed by atoms with van der Waals surface area (Å²) in [4.78, 5) is 2.41. The highest BCUT2D eigenvalue weighted by Gasteiger charge is 2.19. The molecule has 0 amide bonds. The van der Waals surface area contributed by atoms with Crippen LogP contribution >= 0.6 is 0 Å². The molecule has 0 aromatic carbocycles. The number of hydrogen-bond donors (Lipinski definition) is 2. The Balaban J connectivity index is 3.56. The minimum Gasteiger partial charge on any atom is -0.394 e. The number of rotatable bonds is 10. The third kappa shape index (κ3) is 8.58.